The molecule has 0 unspecified atom stereocenters. The van der Waals surface area contributed by atoms with Gasteiger partial charge in [-0.2, -0.15) is 0 Å². The van der Waals surface area contributed by atoms with Gasteiger partial charge in [0.15, 0.2) is 0 Å². The van der Waals surface area contributed by atoms with Gasteiger partial charge in [-0.3, -0.25) is 19.3 Å². The Labute approximate surface area is 222 Å². The van der Waals surface area contributed by atoms with Gasteiger partial charge in [0.25, 0.3) is 11.9 Å². The summed E-state index contributed by atoms with van der Waals surface area (Å²) >= 11 is 13.8. The van der Waals surface area contributed by atoms with Gasteiger partial charge in [-0.05, 0) is 30.4 Å². The van der Waals surface area contributed by atoms with Gasteiger partial charge in [-0.15, -0.1) is 11.3 Å². The van der Waals surface area contributed by atoms with E-state index in [1.165, 1.54) is 22.4 Å². The molecule has 3 amide bonds. The zero-order valence-corrected chi connectivity index (χ0v) is 21.9. The average Bonchev–Trinajstić information content (AvgIpc) is 3.52. The molecule has 1 fully saturated rings. The highest BCUT2D eigenvalue weighted by atomic mass is 35.5. The van der Waals surface area contributed by atoms with Crippen LogP contribution < -0.4 is 16.0 Å². The molecule has 3 N–H and O–H groups in total. The molecule has 2 aromatic rings. The molecule has 0 bridgehead atoms. The van der Waals surface area contributed by atoms with E-state index in [2.05, 4.69) is 15.3 Å². The minimum Gasteiger partial charge on any atom is -0.463 e. The lowest BCUT2D eigenvalue weighted by Crippen LogP contribution is -2.57. The fourth-order valence-electron chi connectivity index (χ4n) is 4.39. The Bertz CT molecular complexity index is 1170. The van der Waals surface area contributed by atoms with Crippen LogP contribution in [0.25, 0.3) is 0 Å². The fourth-order valence-corrected chi connectivity index (χ4v) is 5.76. The quantitative estimate of drug-likeness (QED) is 0.530. The molecule has 10 nitrogen and oxygen atoms in total. The summed E-state index contributed by atoms with van der Waals surface area (Å²) in [6.07, 6.45) is 4.23. The number of nitrogens with zero attached hydrogens (tertiary/aromatic N) is 4. The number of nitrogens with two attached hydrogens (primary N) is 1. The molecule has 2 aromatic heterocycles. The predicted molar refractivity (Wildman–Crippen MR) is 138 cm³/mol. The molecule has 36 heavy (non-hydrogen) atoms. The van der Waals surface area contributed by atoms with Gasteiger partial charge >= 0.3 is 11.8 Å². The Morgan fingerprint density at radius 1 is 1.25 bits per heavy atom. The molecule has 3 heterocycles. The van der Waals surface area contributed by atoms with Crippen LogP contribution in [0.2, 0.25) is 10.0 Å². The van der Waals surface area contributed by atoms with E-state index in [-0.39, 0.29) is 11.7 Å². The number of nitrogens with one attached hydrogen (secondary N) is 1. The van der Waals surface area contributed by atoms with E-state index in [9.17, 15) is 14.4 Å². The third kappa shape index (κ3) is 5.74. The van der Waals surface area contributed by atoms with Gasteiger partial charge in [0, 0.05) is 25.4 Å². The van der Waals surface area contributed by atoms with E-state index < -0.39 is 23.9 Å². The number of aromatic nitrogens is 1. The Balaban J connectivity index is 1.53. The predicted octanol–water partition coefficient (Wildman–Crippen LogP) is 2.83. The van der Waals surface area contributed by atoms with Crippen molar-refractivity contribution in [2.45, 2.75) is 44.3 Å². The smallest absolute Gasteiger partial charge is 0.317 e. The van der Waals surface area contributed by atoms with Gasteiger partial charge in [-0.25, -0.2) is 9.98 Å². The van der Waals surface area contributed by atoms with Crippen LogP contribution in [-0.2, 0) is 20.9 Å². The fraction of sp³-hybridized carbons (Fsp3) is 0.435. The Morgan fingerprint density at radius 2 is 2.03 bits per heavy atom. The van der Waals surface area contributed by atoms with Crippen molar-refractivity contribution in [3.05, 3.63) is 44.2 Å². The van der Waals surface area contributed by atoms with Crippen molar-refractivity contribution in [1.82, 2.24) is 15.2 Å². The Hall–Kier alpha value is -2.89. The van der Waals surface area contributed by atoms with E-state index in [1.54, 1.807) is 12.1 Å². The first kappa shape index (κ1) is 26.2. The summed E-state index contributed by atoms with van der Waals surface area (Å²) in [4.78, 5) is 49.9. The molecule has 13 heteroatoms. The number of ether oxygens (including phenoxy) is 1. The number of anilines is 1. The van der Waals surface area contributed by atoms with E-state index in [0.29, 0.717) is 53.5 Å². The van der Waals surface area contributed by atoms with Crippen molar-refractivity contribution in [1.29, 1.82) is 0 Å². The van der Waals surface area contributed by atoms with Gasteiger partial charge in [0.05, 0.1) is 28.7 Å². The number of amides is 3. The van der Waals surface area contributed by atoms with Crippen LogP contribution in [0.3, 0.4) is 0 Å². The van der Waals surface area contributed by atoms with Crippen LogP contribution in [0, 0.1) is 0 Å². The molecular weight excluding hydrogens is 527 g/mol. The van der Waals surface area contributed by atoms with Crippen molar-refractivity contribution in [3.8, 4) is 0 Å². The number of pyridine rings is 1. The Kier molecular flexibility index (Phi) is 8.32. The van der Waals surface area contributed by atoms with Crippen molar-refractivity contribution in [2.24, 2.45) is 10.7 Å². The highest BCUT2D eigenvalue weighted by Gasteiger charge is 2.37. The van der Waals surface area contributed by atoms with E-state index in [1.807, 2.05) is 17.3 Å². The van der Waals surface area contributed by atoms with Gasteiger partial charge < -0.3 is 20.7 Å². The standard InChI is InChI=1S/C23H26Cl2N6O4S/c1-30(23-27-8-9-35-23)11-13-12-36-19(18(13)25)21(33)29-15-4-2-3-5-16(15)31(22(34)20(26)32)17-7-6-14(24)10-28-17/h6-7,10,12,15-16H,2-5,8-9,11H2,1H3,(H2,26,32)(H,29,33)/t15-,16+/m1/s1. The maximum Gasteiger partial charge on any atom is 0.317 e. The maximum absolute atomic E-state index is 13.3. The second-order valence-corrected chi connectivity index (χ2v) is 10.3. The van der Waals surface area contributed by atoms with Crippen LogP contribution in [0.1, 0.15) is 40.9 Å². The molecule has 1 saturated carbocycles. The van der Waals surface area contributed by atoms with Crippen molar-refractivity contribution >= 4 is 64.1 Å². The molecule has 0 spiro atoms. The molecule has 192 valence electrons. The molecular formula is C23H26Cl2N6O4S. The molecule has 2 aliphatic rings. The largest absolute Gasteiger partial charge is 0.463 e. The lowest BCUT2D eigenvalue weighted by atomic mass is 9.88. The number of rotatable bonds is 6. The summed E-state index contributed by atoms with van der Waals surface area (Å²) in [5, 5.41) is 5.61. The molecule has 1 aliphatic heterocycles. The number of primary amides is 1. The molecule has 0 aromatic carbocycles. The summed E-state index contributed by atoms with van der Waals surface area (Å²) in [5.41, 5.74) is 6.13. The summed E-state index contributed by atoms with van der Waals surface area (Å²) in [7, 11) is 1.85. The van der Waals surface area contributed by atoms with Crippen LogP contribution in [-0.4, -0.2) is 65.9 Å². The molecule has 4 rings (SSSR count). The number of carbonyl (C=O) groups excluding carboxylic acids is 3. The molecule has 0 saturated heterocycles. The number of hydrogen-bond acceptors (Lipinski definition) is 8. The summed E-state index contributed by atoms with van der Waals surface area (Å²) in [6.45, 7) is 1.61. The summed E-state index contributed by atoms with van der Waals surface area (Å²) in [6, 6.07) is 2.72. The third-order valence-corrected chi connectivity index (χ3v) is 7.87. The molecule has 2 atom stereocenters. The van der Waals surface area contributed by atoms with Crippen molar-refractivity contribution in [3.63, 3.8) is 0 Å². The highest BCUT2D eigenvalue weighted by molar-refractivity contribution is 7.13. The van der Waals surface area contributed by atoms with Crippen molar-refractivity contribution < 1.29 is 19.1 Å². The molecule has 1 aliphatic carbocycles. The Morgan fingerprint density at radius 3 is 2.69 bits per heavy atom. The lowest BCUT2D eigenvalue weighted by Gasteiger charge is -2.39. The second kappa shape index (κ2) is 11.4. The van der Waals surface area contributed by atoms with Crippen LogP contribution >= 0.6 is 34.5 Å². The topological polar surface area (TPSA) is 130 Å². The molecule has 0 radical (unpaired) electrons. The van der Waals surface area contributed by atoms with Crippen LogP contribution in [0.5, 0.6) is 0 Å². The average molecular weight is 553 g/mol. The normalized spacial score (nSPS) is 19.2. The number of aliphatic imine (C=N–C) groups is 1. The van der Waals surface area contributed by atoms with E-state index in [4.69, 9.17) is 33.7 Å². The zero-order valence-electron chi connectivity index (χ0n) is 19.6. The van der Waals surface area contributed by atoms with Crippen LogP contribution in [0.4, 0.5) is 5.82 Å². The summed E-state index contributed by atoms with van der Waals surface area (Å²) in [5.74, 6) is -2.10. The van der Waals surface area contributed by atoms with Crippen molar-refractivity contribution in [2.75, 3.05) is 25.1 Å². The number of amidine groups is 1. The SMILES string of the molecule is CN(Cc1csc(C(=O)N[C@@H]2CCCC[C@@H]2N(C(=O)C(N)=O)c2ccc(Cl)cn2)c1Cl)C1=NCCO1. The number of carbonyl (C=O) groups is 3. The number of halogens is 2. The van der Waals surface area contributed by atoms with Crippen LogP contribution in [0.15, 0.2) is 28.7 Å². The first-order valence-corrected chi connectivity index (χ1v) is 13.1. The maximum atomic E-state index is 13.3. The lowest BCUT2D eigenvalue weighted by molar-refractivity contribution is -0.136. The second-order valence-electron chi connectivity index (χ2n) is 8.58. The van der Waals surface area contributed by atoms with E-state index in [0.717, 1.165) is 18.4 Å². The minimum absolute atomic E-state index is 0.242. The summed E-state index contributed by atoms with van der Waals surface area (Å²) < 4.78 is 5.47. The van der Waals surface area contributed by atoms with Gasteiger partial charge in [0.1, 0.15) is 17.3 Å². The minimum atomic E-state index is -1.10. The van der Waals surface area contributed by atoms with Gasteiger partial charge in [-0.1, -0.05) is 36.0 Å². The number of hydrogen-bond donors (Lipinski definition) is 2. The van der Waals surface area contributed by atoms with E-state index >= 15 is 0 Å². The van der Waals surface area contributed by atoms with Gasteiger partial charge in [0.2, 0.25) is 0 Å². The highest BCUT2D eigenvalue weighted by Crippen LogP contribution is 2.31. The first-order chi connectivity index (χ1) is 17.3. The monoisotopic (exact) mass is 552 g/mol. The first-order valence-electron chi connectivity index (χ1n) is 11.5. The number of thiophene rings is 1. The third-order valence-electron chi connectivity index (χ3n) is 6.08. The zero-order chi connectivity index (χ0) is 25.8.